The molecule has 1 unspecified atom stereocenters. The molecule has 1 aliphatic rings. The predicted octanol–water partition coefficient (Wildman–Crippen LogP) is -0.523. The van der Waals surface area contributed by atoms with Crippen LogP contribution in [-0.4, -0.2) is 43.8 Å². The van der Waals surface area contributed by atoms with Crippen LogP contribution in [0.5, 0.6) is 0 Å². The minimum atomic E-state index is -0.405. The fourth-order valence-corrected chi connectivity index (χ4v) is 1.59. The third-order valence-electron chi connectivity index (χ3n) is 2.42. The highest BCUT2D eigenvalue weighted by atomic mass is 16.5. The van der Waals surface area contributed by atoms with E-state index in [9.17, 15) is 4.79 Å². The second-order valence-corrected chi connectivity index (χ2v) is 3.49. The fraction of sp³-hybridized carbons (Fsp3) is 0.889. The van der Waals surface area contributed by atoms with Gasteiger partial charge in [-0.3, -0.25) is 4.79 Å². The maximum absolute atomic E-state index is 11.2. The minimum Gasteiger partial charge on any atom is -0.468 e. The molecular weight excluding hydrogens is 182 g/mol. The Balaban J connectivity index is 2.34. The van der Waals surface area contributed by atoms with Crippen molar-refractivity contribution >= 4 is 5.97 Å². The van der Waals surface area contributed by atoms with E-state index in [2.05, 4.69) is 15.2 Å². The third-order valence-corrected chi connectivity index (χ3v) is 2.42. The Morgan fingerprint density at radius 1 is 1.50 bits per heavy atom. The SMILES string of the molecule is COC(=O)C(CN)NN1CCCCC1. The number of nitrogens with one attached hydrogen (secondary N) is 1. The molecule has 0 bridgehead atoms. The van der Waals surface area contributed by atoms with Gasteiger partial charge in [0.2, 0.25) is 0 Å². The van der Waals surface area contributed by atoms with Crippen LogP contribution in [0.1, 0.15) is 19.3 Å². The molecule has 82 valence electrons. The largest absolute Gasteiger partial charge is 0.468 e. The van der Waals surface area contributed by atoms with Gasteiger partial charge >= 0.3 is 5.97 Å². The summed E-state index contributed by atoms with van der Waals surface area (Å²) in [5, 5.41) is 2.05. The standard InChI is InChI=1S/C9H19N3O2/c1-14-9(13)8(7-10)11-12-5-3-2-4-6-12/h8,11H,2-7,10H2,1H3. The summed E-state index contributed by atoms with van der Waals surface area (Å²) < 4.78 is 4.64. The van der Waals surface area contributed by atoms with Crippen molar-refractivity contribution in [3.05, 3.63) is 0 Å². The Labute approximate surface area is 84.5 Å². The summed E-state index contributed by atoms with van der Waals surface area (Å²) in [6.07, 6.45) is 3.61. The molecular formula is C9H19N3O2. The average molecular weight is 201 g/mol. The lowest BCUT2D eigenvalue weighted by Crippen LogP contribution is -2.53. The number of carbonyl (C=O) groups is 1. The van der Waals surface area contributed by atoms with Crippen molar-refractivity contribution < 1.29 is 9.53 Å². The maximum atomic E-state index is 11.2. The molecule has 0 amide bonds. The Kier molecular flexibility index (Phi) is 4.86. The van der Waals surface area contributed by atoms with E-state index in [1.807, 2.05) is 0 Å². The quantitative estimate of drug-likeness (QED) is 0.599. The molecule has 1 rings (SSSR count). The van der Waals surface area contributed by atoms with Crippen LogP contribution >= 0.6 is 0 Å². The number of hydrogen-bond donors (Lipinski definition) is 2. The first kappa shape index (κ1) is 11.4. The molecule has 0 saturated carbocycles. The van der Waals surface area contributed by atoms with E-state index in [0.717, 1.165) is 13.1 Å². The van der Waals surface area contributed by atoms with Crippen molar-refractivity contribution in [2.24, 2.45) is 5.73 Å². The Hall–Kier alpha value is -0.650. The van der Waals surface area contributed by atoms with Crippen molar-refractivity contribution in [2.45, 2.75) is 25.3 Å². The van der Waals surface area contributed by atoms with Gasteiger partial charge in [-0.25, -0.2) is 10.4 Å². The topological polar surface area (TPSA) is 67.6 Å². The summed E-state index contributed by atoms with van der Waals surface area (Å²) in [6.45, 7) is 2.23. The first-order valence-electron chi connectivity index (χ1n) is 5.07. The molecule has 5 nitrogen and oxygen atoms in total. The van der Waals surface area contributed by atoms with Crippen LogP contribution in [0, 0.1) is 0 Å². The van der Waals surface area contributed by atoms with Gasteiger partial charge in [0.05, 0.1) is 7.11 Å². The van der Waals surface area contributed by atoms with Crippen LogP contribution in [0.25, 0.3) is 0 Å². The van der Waals surface area contributed by atoms with Gasteiger partial charge in [0.1, 0.15) is 6.04 Å². The number of rotatable bonds is 4. The smallest absolute Gasteiger partial charge is 0.325 e. The molecule has 5 heteroatoms. The van der Waals surface area contributed by atoms with Gasteiger partial charge in [-0.1, -0.05) is 6.42 Å². The Morgan fingerprint density at radius 2 is 2.14 bits per heavy atom. The summed E-state index contributed by atoms with van der Waals surface area (Å²) in [5.41, 5.74) is 8.57. The summed E-state index contributed by atoms with van der Waals surface area (Å²) in [7, 11) is 1.38. The van der Waals surface area contributed by atoms with Crippen LogP contribution < -0.4 is 11.2 Å². The molecule has 3 N–H and O–H groups in total. The third kappa shape index (κ3) is 3.25. The van der Waals surface area contributed by atoms with Crippen molar-refractivity contribution in [2.75, 3.05) is 26.7 Å². The van der Waals surface area contributed by atoms with Crippen molar-refractivity contribution in [1.82, 2.24) is 10.4 Å². The van der Waals surface area contributed by atoms with Gasteiger partial charge in [-0.15, -0.1) is 0 Å². The maximum Gasteiger partial charge on any atom is 0.325 e. The summed E-state index contributed by atoms with van der Waals surface area (Å²) in [5.74, 6) is -0.293. The molecule has 0 spiro atoms. The normalized spacial score (nSPS) is 20.4. The fourth-order valence-electron chi connectivity index (χ4n) is 1.59. The zero-order valence-electron chi connectivity index (χ0n) is 8.66. The lowest BCUT2D eigenvalue weighted by molar-refractivity contribution is -0.144. The molecule has 0 aliphatic carbocycles. The highest BCUT2D eigenvalue weighted by molar-refractivity contribution is 5.75. The summed E-state index contributed by atoms with van der Waals surface area (Å²) in [4.78, 5) is 11.2. The van der Waals surface area contributed by atoms with Crippen molar-refractivity contribution in [1.29, 1.82) is 0 Å². The highest BCUT2D eigenvalue weighted by Crippen LogP contribution is 2.06. The highest BCUT2D eigenvalue weighted by Gasteiger charge is 2.20. The average Bonchev–Trinajstić information content (AvgIpc) is 2.26. The first-order chi connectivity index (χ1) is 6.77. The monoisotopic (exact) mass is 201 g/mol. The molecule has 0 radical (unpaired) electrons. The molecule has 1 aliphatic heterocycles. The van der Waals surface area contributed by atoms with Crippen LogP contribution in [-0.2, 0) is 9.53 Å². The number of nitrogens with two attached hydrogens (primary N) is 1. The van der Waals surface area contributed by atoms with Crippen LogP contribution in [0.4, 0.5) is 0 Å². The van der Waals surface area contributed by atoms with Gasteiger partial charge < -0.3 is 10.5 Å². The predicted molar refractivity (Wildman–Crippen MR) is 53.4 cm³/mol. The molecule has 1 saturated heterocycles. The number of esters is 1. The van der Waals surface area contributed by atoms with Gasteiger partial charge in [0.15, 0.2) is 0 Å². The van der Waals surface area contributed by atoms with Crippen LogP contribution in [0.2, 0.25) is 0 Å². The molecule has 1 atom stereocenters. The number of ether oxygens (including phenoxy) is 1. The second-order valence-electron chi connectivity index (χ2n) is 3.49. The van der Waals surface area contributed by atoms with Gasteiger partial charge in [-0.2, -0.15) is 0 Å². The van der Waals surface area contributed by atoms with E-state index < -0.39 is 6.04 Å². The number of methoxy groups -OCH3 is 1. The molecule has 1 fully saturated rings. The lowest BCUT2D eigenvalue weighted by Gasteiger charge is -2.30. The zero-order chi connectivity index (χ0) is 10.4. The Morgan fingerprint density at radius 3 is 2.64 bits per heavy atom. The van der Waals surface area contributed by atoms with Gasteiger partial charge in [0, 0.05) is 19.6 Å². The van der Waals surface area contributed by atoms with Crippen molar-refractivity contribution in [3.63, 3.8) is 0 Å². The molecule has 14 heavy (non-hydrogen) atoms. The van der Waals surface area contributed by atoms with Crippen molar-refractivity contribution in [3.8, 4) is 0 Å². The molecule has 0 aromatic heterocycles. The molecule has 1 heterocycles. The number of piperidine rings is 1. The van der Waals surface area contributed by atoms with E-state index >= 15 is 0 Å². The number of hydrogen-bond acceptors (Lipinski definition) is 5. The first-order valence-corrected chi connectivity index (χ1v) is 5.07. The summed E-state index contributed by atoms with van der Waals surface area (Å²) >= 11 is 0. The number of hydrazine groups is 1. The van der Waals surface area contributed by atoms with Crippen LogP contribution in [0.15, 0.2) is 0 Å². The number of carbonyl (C=O) groups excluding carboxylic acids is 1. The zero-order valence-corrected chi connectivity index (χ0v) is 8.66. The summed E-state index contributed by atoms with van der Waals surface area (Å²) in [6, 6.07) is -0.405. The van der Waals surface area contributed by atoms with E-state index in [4.69, 9.17) is 5.73 Å². The van der Waals surface area contributed by atoms with Gasteiger partial charge in [-0.05, 0) is 12.8 Å². The van der Waals surface area contributed by atoms with E-state index in [0.29, 0.717) is 0 Å². The van der Waals surface area contributed by atoms with Gasteiger partial charge in [0.25, 0.3) is 0 Å². The van der Waals surface area contributed by atoms with E-state index in [-0.39, 0.29) is 12.5 Å². The number of nitrogens with zero attached hydrogens (tertiary/aromatic N) is 1. The lowest BCUT2D eigenvalue weighted by atomic mass is 10.2. The van der Waals surface area contributed by atoms with E-state index in [1.54, 1.807) is 0 Å². The molecule has 0 aromatic carbocycles. The Bertz CT molecular complexity index is 181. The second kappa shape index (κ2) is 5.95. The minimum absolute atomic E-state index is 0.267. The van der Waals surface area contributed by atoms with Crippen LogP contribution in [0.3, 0.4) is 0 Å². The molecule has 0 aromatic rings. The van der Waals surface area contributed by atoms with E-state index in [1.165, 1.54) is 26.4 Å².